The van der Waals surface area contributed by atoms with Crippen molar-refractivity contribution in [3.63, 3.8) is 0 Å². The molecule has 0 unspecified atom stereocenters. The van der Waals surface area contributed by atoms with Gasteiger partial charge in [-0.05, 0) is 59.4 Å². The first-order chi connectivity index (χ1) is 15.0. The predicted molar refractivity (Wildman–Crippen MR) is 131 cm³/mol. The zero-order chi connectivity index (χ0) is 23.5. The minimum atomic E-state index is -3.82. The molecule has 0 saturated heterocycles. The third-order valence-corrected chi connectivity index (χ3v) is 7.24. The van der Waals surface area contributed by atoms with Crippen LogP contribution < -0.4 is 9.62 Å². The summed E-state index contributed by atoms with van der Waals surface area (Å²) in [6.07, 6.45) is 0.715. The van der Waals surface area contributed by atoms with Gasteiger partial charge in [0.1, 0.15) is 0 Å². The van der Waals surface area contributed by atoms with E-state index < -0.39 is 10.0 Å². The van der Waals surface area contributed by atoms with Crippen LogP contribution in [0.25, 0.3) is 0 Å². The molecule has 32 heavy (non-hydrogen) atoms. The summed E-state index contributed by atoms with van der Waals surface area (Å²) in [5.74, 6) is -0.359. The Bertz CT molecular complexity index is 1210. The first-order valence-electron chi connectivity index (χ1n) is 10.6. The van der Waals surface area contributed by atoms with Crippen LogP contribution in [0.15, 0.2) is 77.7 Å². The van der Waals surface area contributed by atoms with Gasteiger partial charge in [0.2, 0.25) is 0 Å². The van der Waals surface area contributed by atoms with Crippen LogP contribution in [0.4, 0.5) is 11.4 Å². The molecule has 0 spiro atoms. The van der Waals surface area contributed by atoms with E-state index >= 15 is 0 Å². The van der Waals surface area contributed by atoms with Crippen molar-refractivity contribution in [2.75, 3.05) is 16.7 Å². The number of rotatable bonds is 6. The van der Waals surface area contributed by atoms with Crippen LogP contribution >= 0.6 is 0 Å². The second-order valence-corrected chi connectivity index (χ2v) is 10.7. The molecule has 0 heterocycles. The fraction of sp³-hybridized carbons (Fsp3) is 0.269. The van der Waals surface area contributed by atoms with Gasteiger partial charge in [-0.2, -0.15) is 0 Å². The Balaban J connectivity index is 1.85. The molecule has 0 aromatic heterocycles. The second-order valence-electron chi connectivity index (χ2n) is 8.76. The standard InChI is InChI=1S/C26H30N2O3S/c1-6-19-10-7-8-13-24(19)28(5)32(30,31)23-12-9-11-20(18-23)25(29)27-22-16-14-21(15-17-22)26(2,3)4/h7-18H,6H2,1-5H3,(H,27,29). The van der Waals surface area contributed by atoms with Gasteiger partial charge in [0.25, 0.3) is 15.9 Å². The first-order valence-corrected chi connectivity index (χ1v) is 12.1. The number of sulfonamides is 1. The Kier molecular flexibility index (Phi) is 6.74. The molecule has 3 rings (SSSR count). The van der Waals surface area contributed by atoms with E-state index in [1.807, 2.05) is 49.4 Å². The summed E-state index contributed by atoms with van der Waals surface area (Å²) in [6, 6.07) is 21.2. The van der Waals surface area contributed by atoms with Crippen LogP contribution in [-0.4, -0.2) is 21.4 Å². The maximum atomic E-state index is 13.3. The van der Waals surface area contributed by atoms with Crippen LogP contribution in [0.5, 0.6) is 0 Å². The van der Waals surface area contributed by atoms with Gasteiger partial charge in [0, 0.05) is 18.3 Å². The van der Waals surface area contributed by atoms with Gasteiger partial charge in [0.15, 0.2) is 0 Å². The maximum absolute atomic E-state index is 13.3. The molecule has 6 heteroatoms. The highest BCUT2D eigenvalue weighted by atomic mass is 32.2. The number of benzene rings is 3. The summed E-state index contributed by atoms with van der Waals surface area (Å²) in [5.41, 5.74) is 3.69. The lowest BCUT2D eigenvalue weighted by Gasteiger charge is -2.22. The third kappa shape index (κ3) is 5.02. The number of anilines is 2. The molecular weight excluding hydrogens is 420 g/mol. The maximum Gasteiger partial charge on any atom is 0.264 e. The monoisotopic (exact) mass is 450 g/mol. The molecule has 3 aromatic carbocycles. The lowest BCUT2D eigenvalue weighted by molar-refractivity contribution is 0.102. The number of hydrogen-bond acceptors (Lipinski definition) is 3. The Morgan fingerprint density at radius 3 is 2.22 bits per heavy atom. The molecule has 1 amide bonds. The van der Waals surface area contributed by atoms with Gasteiger partial charge in [-0.3, -0.25) is 9.10 Å². The Labute approximate surface area is 191 Å². The Hall–Kier alpha value is -3.12. The highest BCUT2D eigenvalue weighted by Crippen LogP contribution is 2.27. The zero-order valence-electron chi connectivity index (χ0n) is 19.2. The van der Waals surface area contributed by atoms with Gasteiger partial charge in [0.05, 0.1) is 10.6 Å². The minimum Gasteiger partial charge on any atom is -0.322 e. The van der Waals surface area contributed by atoms with Gasteiger partial charge < -0.3 is 5.32 Å². The summed E-state index contributed by atoms with van der Waals surface area (Å²) < 4.78 is 27.8. The summed E-state index contributed by atoms with van der Waals surface area (Å²) >= 11 is 0. The molecule has 0 aliphatic carbocycles. The molecule has 0 radical (unpaired) electrons. The Morgan fingerprint density at radius 1 is 0.938 bits per heavy atom. The van der Waals surface area contributed by atoms with Gasteiger partial charge in [-0.1, -0.05) is 64.1 Å². The van der Waals surface area contributed by atoms with E-state index in [4.69, 9.17) is 0 Å². The summed E-state index contributed by atoms with van der Waals surface area (Å²) in [7, 11) is -2.29. The van der Waals surface area contributed by atoms with E-state index in [2.05, 4.69) is 26.1 Å². The van der Waals surface area contributed by atoms with Crippen molar-refractivity contribution in [1.29, 1.82) is 0 Å². The molecule has 0 fully saturated rings. The van der Waals surface area contributed by atoms with Crippen LogP contribution in [-0.2, 0) is 21.9 Å². The van der Waals surface area contributed by atoms with Crippen molar-refractivity contribution in [3.05, 3.63) is 89.5 Å². The van der Waals surface area contributed by atoms with Crippen LogP contribution in [0.2, 0.25) is 0 Å². The Morgan fingerprint density at radius 2 is 1.59 bits per heavy atom. The number of aryl methyl sites for hydroxylation is 1. The molecule has 3 aromatic rings. The van der Waals surface area contributed by atoms with E-state index in [-0.39, 0.29) is 21.8 Å². The quantitative estimate of drug-likeness (QED) is 0.530. The van der Waals surface area contributed by atoms with Gasteiger partial charge in [-0.25, -0.2) is 8.42 Å². The molecule has 0 aliphatic rings. The topological polar surface area (TPSA) is 66.5 Å². The number of carbonyl (C=O) groups is 1. The molecule has 1 N–H and O–H groups in total. The molecule has 0 saturated carbocycles. The fourth-order valence-corrected chi connectivity index (χ4v) is 4.74. The average molecular weight is 451 g/mol. The van der Waals surface area contributed by atoms with Crippen molar-refractivity contribution >= 4 is 27.3 Å². The molecule has 0 bridgehead atoms. The smallest absolute Gasteiger partial charge is 0.264 e. The average Bonchev–Trinajstić information content (AvgIpc) is 2.78. The van der Waals surface area contributed by atoms with Crippen molar-refractivity contribution in [1.82, 2.24) is 0 Å². The number of amides is 1. The highest BCUT2D eigenvalue weighted by molar-refractivity contribution is 7.92. The lowest BCUT2D eigenvalue weighted by Crippen LogP contribution is -2.27. The number of para-hydroxylation sites is 1. The van der Waals surface area contributed by atoms with Crippen molar-refractivity contribution in [2.45, 2.75) is 44.4 Å². The second kappa shape index (κ2) is 9.17. The van der Waals surface area contributed by atoms with Crippen molar-refractivity contribution in [3.8, 4) is 0 Å². The van der Waals surface area contributed by atoms with E-state index in [1.165, 1.54) is 29.0 Å². The van der Waals surface area contributed by atoms with E-state index in [0.717, 1.165) is 5.56 Å². The third-order valence-electron chi connectivity index (χ3n) is 5.48. The molecule has 0 atom stereocenters. The minimum absolute atomic E-state index is 0.0215. The number of carbonyl (C=O) groups excluding carboxylic acids is 1. The lowest BCUT2D eigenvalue weighted by atomic mass is 9.87. The summed E-state index contributed by atoms with van der Waals surface area (Å²) in [5, 5.41) is 2.85. The normalized spacial score (nSPS) is 11.8. The summed E-state index contributed by atoms with van der Waals surface area (Å²) in [4.78, 5) is 12.9. The SMILES string of the molecule is CCc1ccccc1N(C)S(=O)(=O)c1cccc(C(=O)Nc2ccc(C(C)(C)C)cc2)c1. The van der Waals surface area contributed by atoms with E-state index in [0.29, 0.717) is 17.8 Å². The van der Waals surface area contributed by atoms with Crippen molar-refractivity contribution in [2.24, 2.45) is 0 Å². The molecular formula is C26H30N2O3S. The van der Waals surface area contributed by atoms with Crippen LogP contribution in [0, 0.1) is 0 Å². The van der Waals surface area contributed by atoms with Crippen LogP contribution in [0.1, 0.15) is 49.2 Å². The van der Waals surface area contributed by atoms with Gasteiger partial charge >= 0.3 is 0 Å². The number of nitrogens with one attached hydrogen (secondary N) is 1. The molecule has 0 aliphatic heterocycles. The zero-order valence-corrected chi connectivity index (χ0v) is 20.0. The van der Waals surface area contributed by atoms with E-state index in [9.17, 15) is 13.2 Å². The number of nitrogens with zero attached hydrogens (tertiary/aromatic N) is 1. The fourth-order valence-electron chi connectivity index (χ4n) is 3.46. The van der Waals surface area contributed by atoms with Crippen molar-refractivity contribution < 1.29 is 13.2 Å². The highest BCUT2D eigenvalue weighted by Gasteiger charge is 2.24. The predicted octanol–water partition coefficient (Wildman–Crippen LogP) is 5.62. The van der Waals surface area contributed by atoms with Gasteiger partial charge in [-0.15, -0.1) is 0 Å². The van der Waals surface area contributed by atoms with Crippen LogP contribution in [0.3, 0.4) is 0 Å². The largest absolute Gasteiger partial charge is 0.322 e. The molecule has 5 nitrogen and oxygen atoms in total. The first kappa shape index (κ1) is 23.5. The van der Waals surface area contributed by atoms with E-state index in [1.54, 1.807) is 18.2 Å². The summed E-state index contributed by atoms with van der Waals surface area (Å²) in [6.45, 7) is 8.37. The number of hydrogen-bond donors (Lipinski definition) is 1. The molecule has 168 valence electrons.